The minimum absolute atomic E-state index is 0.101. The van der Waals surface area contributed by atoms with Crippen LogP contribution < -0.4 is 0 Å². The molecule has 2 atom stereocenters. The van der Waals surface area contributed by atoms with Crippen molar-refractivity contribution < 1.29 is 28.8 Å². The highest BCUT2D eigenvalue weighted by Gasteiger charge is 2.55. The summed E-state index contributed by atoms with van der Waals surface area (Å²) in [7, 11) is 0. The van der Waals surface area contributed by atoms with Gasteiger partial charge in [-0.25, -0.2) is 0 Å². The normalized spacial score (nSPS) is 14.1. The van der Waals surface area contributed by atoms with Gasteiger partial charge < -0.3 is 4.79 Å². The molecule has 0 N–H and O–H groups in total. The number of hydrogen-bond donors (Lipinski definition) is 0. The third kappa shape index (κ3) is 12.7. The number of ketones is 5. The molecular formula is C32H54O6. The van der Waals surface area contributed by atoms with Crippen LogP contribution in [0.1, 0.15) is 145 Å². The molecule has 0 aromatic rings. The predicted octanol–water partition coefficient (Wildman–Crippen LogP) is 7.23. The van der Waals surface area contributed by atoms with E-state index in [2.05, 4.69) is 6.92 Å². The van der Waals surface area contributed by atoms with Crippen molar-refractivity contribution in [1.29, 1.82) is 0 Å². The van der Waals surface area contributed by atoms with Crippen LogP contribution in [0.2, 0.25) is 0 Å². The van der Waals surface area contributed by atoms with Crippen LogP contribution >= 0.6 is 0 Å². The van der Waals surface area contributed by atoms with Gasteiger partial charge in [0.15, 0.2) is 5.78 Å². The first kappa shape index (κ1) is 36.0. The van der Waals surface area contributed by atoms with E-state index in [1.54, 1.807) is 20.8 Å². The summed E-state index contributed by atoms with van der Waals surface area (Å²) < 4.78 is 0. The average Bonchev–Trinajstić information content (AvgIpc) is 2.82. The van der Waals surface area contributed by atoms with Gasteiger partial charge in [-0.2, -0.15) is 0 Å². The van der Waals surface area contributed by atoms with Crippen molar-refractivity contribution in [2.24, 2.45) is 22.7 Å². The molecule has 0 aliphatic carbocycles. The minimum Gasteiger partial charge on any atom is -0.302 e. The fourth-order valence-corrected chi connectivity index (χ4v) is 5.11. The molecule has 0 radical (unpaired) electrons. The second kappa shape index (κ2) is 18.3. The van der Waals surface area contributed by atoms with Gasteiger partial charge in [0, 0.05) is 43.9 Å². The maximum atomic E-state index is 13.8. The Morgan fingerprint density at radius 1 is 0.658 bits per heavy atom. The number of carbonyl (C=O) groups excluding carboxylic acids is 6. The zero-order valence-corrected chi connectivity index (χ0v) is 25.3. The number of hydrogen-bond acceptors (Lipinski definition) is 6. The maximum Gasteiger partial charge on any atom is 0.153 e. The zero-order valence-electron chi connectivity index (χ0n) is 25.3. The number of unbranched alkanes of at least 4 members (excludes halogenated alkanes) is 6. The number of aldehydes is 1. The van der Waals surface area contributed by atoms with Crippen LogP contribution in [-0.2, 0) is 28.8 Å². The van der Waals surface area contributed by atoms with E-state index in [0.29, 0.717) is 44.8 Å². The Morgan fingerprint density at radius 2 is 1.11 bits per heavy atom. The van der Waals surface area contributed by atoms with E-state index in [1.807, 2.05) is 20.8 Å². The van der Waals surface area contributed by atoms with Crippen LogP contribution in [0.5, 0.6) is 0 Å². The minimum atomic E-state index is -1.99. The first-order valence-corrected chi connectivity index (χ1v) is 14.9. The third-order valence-corrected chi connectivity index (χ3v) is 7.06. The Bertz CT molecular complexity index is 788. The van der Waals surface area contributed by atoms with E-state index >= 15 is 0 Å². The van der Waals surface area contributed by atoms with E-state index in [1.165, 1.54) is 0 Å². The lowest BCUT2D eigenvalue weighted by Gasteiger charge is -2.37. The van der Waals surface area contributed by atoms with Crippen LogP contribution in [0.3, 0.4) is 0 Å². The molecule has 0 aromatic heterocycles. The molecule has 0 heterocycles. The molecule has 0 fully saturated rings. The average molecular weight is 535 g/mol. The molecule has 6 heteroatoms. The molecule has 38 heavy (non-hydrogen) atoms. The van der Waals surface area contributed by atoms with Gasteiger partial charge in [0.05, 0.1) is 5.92 Å². The molecule has 0 saturated heterocycles. The highest BCUT2D eigenvalue weighted by atomic mass is 16.2. The monoisotopic (exact) mass is 534 g/mol. The highest BCUT2D eigenvalue weighted by molar-refractivity contribution is 6.16. The summed E-state index contributed by atoms with van der Waals surface area (Å²) in [6.07, 6.45) is 7.84. The molecule has 0 aliphatic rings. The summed E-state index contributed by atoms with van der Waals surface area (Å²) >= 11 is 0. The fourth-order valence-electron chi connectivity index (χ4n) is 5.11. The quantitative estimate of drug-likeness (QED) is 0.0778. The van der Waals surface area contributed by atoms with E-state index in [-0.39, 0.29) is 36.7 Å². The van der Waals surface area contributed by atoms with E-state index < -0.39 is 40.5 Å². The molecule has 0 spiro atoms. The van der Waals surface area contributed by atoms with Gasteiger partial charge in [-0.3, -0.25) is 24.0 Å². The summed E-state index contributed by atoms with van der Waals surface area (Å²) in [5.41, 5.74) is -3.01. The summed E-state index contributed by atoms with van der Waals surface area (Å²) in [5.74, 6) is -2.65. The molecule has 0 aliphatic heterocycles. The van der Waals surface area contributed by atoms with E-state index in [9.17, 15) is 28.8 Å². The van der Waals surface area contributed by atoms with Crippen molar-refractivity contribution in [1.82, 2.24) is 0 Å². The number of rotatable bonds is 23. The highest BCUT2D eigenvalue weighted by Crippen LogP contribution is 2.41. The SMILES string of the molecule is CCCCCCC(=O)C(C(=O)CCCCC)C(C=O)(CC(=O)CCCCC(=O)CC(C)C)C(=O)C(C)(C)C. The van der Waals surface area contributed by atoms with Crippen molar-refractivity contribution >= 4 is 35.2 Å². The van der Waals surface area contributed by atoms with Crippen molar-refractivity contribution in [3.63, 3.8) is 0 Å². The Kier molecular flexibility index (Phi) is 17.4. The van der Waals surface area contributed by atoms with Gasteiger partial charge >= 0.3 is 0 Å². The molecule has 2 unspecified atom stereocenters. The van der Waals surface area contributed by atoms with Crippen LogP contribution in [0.15, 0.2) is 0 Å². The molecule has 0 aromatic carbocycles. The topological polar surface area (TPSA) is 102 Å². The van der Waals surface area contributed by atoms with Crippen molar-refractivity contribution in [2.45, 2.75) is 145 Å². The number of carbonyl (C=O) groups is 6. The van der Waals surface area contributed by atoms with Crippen LogP contribution in [0, 0.1) is 22.7 Å². The Hall–Kier alpha value is -1.98. The molecule has 0 amide bonds. The second-order valence-corrected chi connectivity index (χ2v) is 12.4. The van der Waals surface area contributed by atoms with Gasteiger partial charge in [0.2, 0.25) is 0 Å². The van der Waals surface area contributed by atoms with Gasteiger partial charge in [-0.05, 0) is 31.6 Å². The van der Waals surface area contributed by atoms with E-state index in [4.69, 9.17) is 0 Å². The van der Waals surface area contributed by atoms with Gasteiger partial charge in [-0.15, -0.1) is 0 Å². The lowest BCUT2D eigenvalue weighted by Crippen LogP contribution is -2.52. The molecule has 0 saturated carbocycles. The van der Waals surface area contributed by atoms with Crippen molar-refractivity contribution in [2.75, 3.05) is 0 Å². The van der Waals surface area contributed by atoms with Crippen LogP contribution in [-0.4, -0.2) is 35.2 Å². The lowest BCUT2D eigenvalue weighted by molar-refractivity contribution is -0.156. The van der Waals surface area contributed by atoms with Gasteiger partial charge in [-0.1, -0.05) is 80.6 Å². The Balaban J connectivity index is 6.02. The zero-order chi connectivity index (χ0) is 29.4. The van der Waals surface area contributed by atoms with Crippen molar-refractivity contribution in [3.05, 3.63) is 0 Å². The van der Waals surface area contributed by atoms with Gasteiger partial charge in [0.1, 0.15) is 34.8 Å². The largest absolute Gasteiger partial charge is 0.302 e. The fraction of sp³-hybridized carbons (Fsp3) is 0.812. The Morgan fingerprint density at radius 3 is 1.55 bits per heavy atom. The summed E-state index contributed by atoms with van der Waals surface area (Å²) in [5, 5.41) is 0. The first-order valence-electron chi connectivity index (χ1n) is 14.9. The summed E-state index contributed by atoms with van der Waals surface area (Å²) in [4.78, 5) is 78.8. The lowest BCUT2D eigenvalue weighted by atomic mass is 9.60. The first-order chi connectivity index (χ1) is 17.8. The van der Waals surface area contributed by atoms with Crippen LogP contribution in [0.25, 0.3) is 0 Å². The molecule has 218 valence electrons. The number of Topliss-reactive ketones (excluding diaryl/α,β-unsaturated/α-hetero) is 5. The molecule has 0 rings (SSSR count). The predicted molar refractivity (Wildman–Crippen MR) is 152 cm³/mol. The molecule has 0 bridgehead atoms. The second-order valence-electron chi connectivity index (χ2n) is 12.4. The standard InChI is InChI=1S/C32H54O6/c1-8-10-12-14-20-28(37)29(27(36)19-13-11-9-2)32(23-33,30(38)31(5,6)7)22-26(35)18-16-15-17-25(34)21-24(3)4/h23-24,29H,8-22H2,1-7H3. The summed E-state index contributed by atoms with van der Waals surface area (Å²) in [6, 6.07) is 0. The van der Waals surface area contributed by atoms with E-state index in [0.717, 1.165) is 32.1 Å². The molecular weight excluding hydrogens is 480 g/mol. The molecule has 6 nitrogen and oxygen atoms in total. The summed E-state index contributed by atoms with van der Waals surface area (Å²) in [6.45, 7) is 13.0. The third-order valence-electron chi connectivity index (χ3n) is 7.06. The van der Waals surface area contributed by atoms with Crippen molar-refractivity contribution in [3.8, 4) is 0 Å². The van der Waals surface area contributed by atoms with Gasteiger partial charge in [0.25, 0.3) is 0 Å². The van der Waals surface area contributed by atoms with Crippen LogP contribution in [0.4, 0.5) is 0 Å². The smallest absolute Gasteiger partial charge is 0.153 e. The Labute approximate surface area is 231 Å². The maximum absolute atomic E-state index is 13.8.